The molecule has 9 heteroatoms. The highest BCUT2D eigenvalue weighted by molar-refractivity contribution is 5.86. The number of morpholine rings is 1. The molecule has 1 aliphatic carbocycles. The Bertz CT molecular complexity index is 1280. The van der Waals surface area contributed by atoms with Gasteiger partial charge in [-0.2, -0.15) is 4.98 Å². The predicted molar refractivity (Wildman–Crippen MR) is 145 cm³/mol. The van der Waals surface area contributed by atoms with Crippen LogP contribution in [0.25, 0.3) is 11.0 Å². The highest BCUT2D eigenvalue weighted by atomic mass is 16.5. The average Bonchev–Trinajstić information content (AvgIpc) is 3.19. The number of benzene rings is 1. The number of anilines is 1. The molecule has 2 unspecified atom stereocenters. The van der Waals surface area contributed by atoms with Gasteiger partial charge in [-0.25, -0.2) is 9.97 Å². The van der Waals surface area contributed by atoms with Crippen LogP contribution in [0, 0.1) is 6.92 Å². The van der Waals surface area contributed by atoms with Crippen molar-refractivity contribution in [2.75, 3.05) is 18.0 Å². The van der Waals surface area contributed by atoms with Crippen molar-refractivity contribution < 1.29 is 14.2 Å². The summed E-state index contributed by atoms with van der Waals surface area (Å²) in [5, 5.41) is 0. The van der Waals surface area contributed by atoms with Crippen LogP contribution in [-0.2, 0) is 11.8 Å². The molecule has 6 rings (SSSR count). The van der Waals surface area contributed by atoms with Crippen molar-refractivity contribution in [2.45, 2.75) is 84.7 Å². The minimum absolute atomic E-state index is 0. The van der Waals surface area contributed by atoms with E-state index in [1.807, 2.05) is 6.92 Å². The van der Waals surface area contributed by atoms with E-state index >= 15 is 0 Å². The first-order valence-electron chi connectivity index (χ1n) is 12.5. The molecule has 3 aromatic rings. The van der Waals surface area contributed by atoms with Gasteiger partial charge in [0.2, 0.25) is 5.88 Å². The van der Waals surface area contributed by atoms with Gasteiger partial charge in [-0.15, -0.1) is 0 Å². The Morgan fingerprint density at radius 2 is 1.62 bits per heavy atom. The standard InChI is InChI=1S/C26H31N5O4.2CH4/c1-16-27-10-9-24(29-16)35-19-5-3-18(4-6-19)34-23-12-17(31-14-20-7-8-21(15-31)33-20)11-22-26(23)30(2)25(32)13-28-22;;/h9-13,18-21H,3-8,14-15H2,1-2H3;2*1H4. The van der Waals surface area contributed by atoms with E-state index in [9.17, 15) is 4.79 Å². The maximum Gasteiger partial charge on any atom is 0.269 e. The lowest BCUT2D eigenvalue weighted by Gasteiger charge is -2.34. The number of hydrogen-bond acceptors (Lipinski definition) is 8. The molecule has 2 aliphatic heterocycles. The van der Waals surface area contributed by atoms with Crippen LogP contribution in [0.3, 0.4) is 0 Å². The summed E-state index contributed by atoms with van der Waals surface area (Å²) in [6, 6.07) is 5.96. The first kappa shape index (κ1) is 26.9. The van der Waals surface area contributed by atoms with E-state index in [-0.39, 0.29) is 44.8 Å². The first-order valence-corrected chi connectivity index (χ1v) is 12.5. The normalized spacial score (nSPS) is 24.8. The van der Waals surface area contributed by atoms with Crippen molar-refractivity contribution in [3.8, 4) is 11.6 Å². The van der Waals surface area contributed by atoms with Gasteiger partial charge >= 0.3 is 0 Å². The largest absolute Gasteiger partial charge is 0.488 e. The van der Waals surface area contributed by atoms with Crippen LogP contribution in [0.5, 0.6) is 11.6 Å². The van der Waals surface area contributed by atoms with Crippen molar-refractivity contribution in [3.05, 3.63) is 46.8 Å². The lowest BCUT2D eigenvalue weighted by Crippen LogP contribution is -2.42. The van der Waals surface area contributed by atoms with Crippen LogP contribution >= 0.6 is 0 Å². The lowest BCUT2D eigenvalue weighted by molar-refractivity contribution is 0.0304. The van der Waals surface area contributed by atoms with E-state index in [0.29, 0.717) is 11.7 Å². The Balaban J connectivity index is 0.00000160. The van der Waals surface area contributed by atoms with E-state index in [4.69, 9.17) is 14.2 Å². The summed E-state index contributed by atoms with van der Waals surface area (Å²) in [5.41, 5.74) is 2.45. The summed E-state index contributed by atoms with van der Waals surface area (Å²) in [5.74, 6) is 2.06. The first-order chi connectivity index (χ1) is 17.0. The van der Waals surface area contributed by atoms with Crippen molar-refractivity contribution >= 4 is 16.7 Å². The van der Waals surface area contributed by atoms with Gasteiger partial charge in [0.1, 0.15) is 23.2 Å². The average molecular weight is 510 g/mol. The van der Waals surface area contributed by atoms with E-state index < -0.39 is 0 Å². The second-order valence-electron chi connectivity index (χ2n) is 9.91. The predicted octanol–water partition coefficient (Wildman–Crippen LogP) is 4.44. The van der Waals surface area contributed by atoms with Crippen LogP contribution < -0.4 is 19.9 Å². The second kappa shape index (κ2) is 11.0. The van der Waals surface area contributed by atoms with Crippen molar-refractivity contribution in [2.24, 2.45) is 7.05 Å². The Hall–Kier alpha value is -3.20. The minimum atomic E-state index is -0.142. The Morgan fingerprint density at radius 1 is 0.946 bits per heavy atom. The van der Waals surface area contributed by atoms with Crippen LogP contribution in [0.1, 0.15) is 59.2 Å². The molecule has 2 bridgehead atoms. The maximum atomic E-state index is 12.4. The Labute approximate surface area is 218 Å². The molecule has 1 aromatic carbocycles. The SMILES string of the molecule is C.C.Cc1nccc(OC2CCC(Oc3cc(N4CC5CCC(C4)O5)cc4ncc(=O)n(C)c34)CC2)n1. The van der Waals surface area contributed by atoms with Crippen LogP contribution in [0.2, 0.25) is 0 Å². The number of fused-ring (bicyclic) bond motifs is 3. The number of nitrogens with zero attached hydrogens (tertiary/aromatic N) is 5. The molecule has 9 nitrogen and oxygen atoms in total. The van der Waals surface area contributed by atoms with Gasteiger partial charge in [-0.1, -0.05) is 14.9 Å². The summed E-state index contributed by atoms with van der Waals surface area (Å²) < 4.78 is 20.3. The fourth-order valence-corrected chi connectivity index (χ4v) is 5.55. The van der Waals surface area contributed by atoms with E-state index in [0.717, 1.165) is 74.1 Å². The summed E-state index contributed by atoms with van der Waals surface area (Å²) in [6.07, 6.45) is 9.59. The Kier molecular flexibility index (Phi) is 8.02. The van der Waals surface area contributed by atoms with Crippen molar-refractivity contribution in [1.82, 2.24) is 19.5 Å². The van der Waals surface area contributed by atoms with Gasteiger partial charge < -0.3 is 23.7 Å². The molecule has 2 saturated heterocycles. The zero-order chi connectivity index (χ0) is 23.9. The minimum Gasteiger partial charge on any atom is -0.488 e. The van der Waals surface area contributed by atoms with Crippen LogP contribution in [0.15, 0.2) is 35.4 Å². The molecule has 3 fully saturated rings. The second-order valence-corrected chi connectivity index (χ2v) is 9.91. The van der Waals surface area contributed by atoms with Crippen molar-refractivity contribution in [3.63, 3.8) is 0 Å². The number of aromatic nitrogens is 4. The van der Waals surface area contributed by atoms with Gasteiger partial charge in [0.15, 0.2) is 0 Å². The molecule has 4 heterocycles. The van der Waals surface area contributed by atoms with E-state index in [1.54, 1.807) is 23.9 Å². The smallest absolute Gasteiger partial charge is 0.269 e. The molecule has 3 aliphatic rings. The van der Waals surface area contributed by atoms with E-state index in [2.05, 4.69) is 32.0 Å². The molecule has 1 saturated carbocycles. The summed E-state index contributed by atoms with van der Waals surface area (Å²) in [7, 11) is 1.78. The van der Waals surface area contributed by atoms with Gasteiger partial charge in [0.05, 0.1) is 30.0 Å². The van der Waals surface area contributed by atoms with Gasteiger partial charge in [-0.05, 0) is 51.5 Å². The summed E-state index contributed by atoms with van der Waals surface area (Å²) >= 11 is 0. The molecular formula is C28H39N5O4. The van der Waals surface area contributed by atoms with Crippen LogP contribution in [0.4, 0.5) is 5.69 Å². The Morgan fingerprint density at radius 3 is 2.30 bits per heavy atom. The molecule has 0 radical (unpaired) electrons. The molecule has 200 valence electrons. The lowest BCUT2D eigenvalue weighted by atomic mass is 9.95. The zero-order valence-electron chi connectivity index (χ0n) is 20.2. The molecule has 2 aromatic heterocycles. The van der Waals surface area contributed by atoms with Gasteiger partial charge in [0.25, 0.3) is 5.56 Å². The van der Waals surface area contributed by atoms with Crippen molar-refractivity contribution in [1.29, 1.82) is 0 Å². The third-order valence-corrected chi connectivity index (χ3v) is 7.38. The van der Waals surface area contributed by atoms with Gasteiger partial charge in [0, 0.05) is 44.2 Å². The highest BCUT2D eigenvalue weighted by Crippen LogP contribution is 2.36. The summed E-state index contributed by atoms with van der Waals surface area (Å²) in [6.45, 7) is 3.61. The summed E-state index contributed by atoms with van der Waals surface area (Å²) in [4.78, 5) is 27.7. The fourth-order valence-electron chi connectivity index (χ4n) is 5.55. The molecule has 37 heavy (non-hydrogen) atoms. The number of rotatable bonds is 5. The monoisotopic (exact) mass is 509 g/mol. The molecule has 0 N–H and O–H groups in total. The molecular weight excluding hydrogens is 470 g/mol. The van der Waals surface area contributed by atoms with Gasteiger partial charge in [-0.3, -0.25) is 4.79 Å². The zero-order valence-corrected chi connectivity index (χ0v) is 20.2. The topological polar surface area (TPSA) is 91.6 Å². The highest BCUT2D eigenvalue weighted by Gasteiger charge is 2.34. The molecule has 0 amide bonds. The fraction of sp³-hybridized carbons (Fsp3) is 0.571. The maximum absolute atomic E-state index is 12.4. The molecule has 0 spiro atoms. The third kappa shape index (κ3) is 5.56. The van der Waals surface area contributed by atoms with Crippen LogP contribution in [-0.4, -0.2) is 57.0 Å². The number of aryl methyl sites for hydroxylation is 2. The number of ether oxygens (including phenoxy) is 3. The third-order valence-electron chi connectivity index (χ3n) is 7.38. The number of hydrogen-bond donors (Lipinski definition) is 0. The quantitative estimate of drug-likeness (QED) is 0.499. The van der Waals surface area contributed by atoms with E-state index in [1.165, 1.54) is 6.20 Å². The molecule has 2 atom stereocenters.